The number of carbonyl (C=O) groups is 1. The first-order valence-electron chi connectivity index (χ1n) is 10.4. The van der Waals surface area contributed by atoms with Gasteiger partial charge in [0.15, 0.2) is 0 Å². The largest absolute Gasteiger partial charge is 0.444 e. The minimum atomic E-state index is -1.03. The normalized spacial score (nSPS) is 31.6. The number of hydrogen-bond acceptors (Lipinski definition) is 3. The molecular formula is C21H40N2O3S. The molecule has 158 valence electrons. The molecule has 0 aromatic heterocycles. The van der Waals surface area contributed by atoms with E-state index in [2.05, 4.69) is 25.1 Å². The second-order valence-corrected chi connectivity index (χ2v) is 13.0. The third kappa shape index (κ3) is 4.87. The van der Waals surface area contributed by atoms with E-state index in [0.29, 0.717) is 12.5 Å². The van der Waals surface area contributed by atoms with Gasteiger partial charge in [0.25, 0.3) is 0 Å². The summed E-state index contributed by atoms with van der Waals surface area (Å²) in [5.41, 5.74) is -0.482. The van der Waals surface area contributed by atoms with Crippen molar-refractivity contribution in [2.45, 2.75) is 104 Å². The van der Waals surface area contributed by atoms with Gasteiger partial charge in [0, 0.05) is 30.6 Å². The molecule has 1 spiro atoms. The molecule has 6 heteroatoms. The summed E-state index contributed by atoms with van der Waals surface area (Å²) in [4.78, 5) is 14.8. The highest BCUT2D eigenvalue weighted by Crippen LogP contribution is 2.50. The molecule has 0 aromatic carbocycles. The third-order valence-electron chi connectivity index (χ3n) is 5.72. The Morgan fingerprint density at radius 3 is 2.22 bits per heavy atom. The number of rotatable bonds is 2. The first kappa shape index (κ1) is 22.7. The molecule has 0 unspecified atom stereocenters. The molecule has 2 saturated heterocycles. The first-order valence-corrected chi connectivity index (χ1v) is 11.5. The summed E-state index contributed by atoms with van der Waals surface area (Å²) in [5.74, 6) is 0.388. The molecule has 0 N–H and O–H groups in total. The van der Waals surface area contributed by atoms with Crippen molar-refractivity contribution in [1.82, 2.24) is 9.21 Å². The summed E-state index contributed by atoms with van der Waals surface area (Å²) in [7, 11) is -1.03. The lowest BCUT2D eigenvalue weighted by Crippen LogP contribution is -2.71. The molecule has 2 aliphatic rings. The van der Waals surface area contributed by atoms with E-state index in [4.69, 9.17) is 4.74 Å². The highest BCUT2D eigenvalue weighted by Gasteiger charge is 2.58. The molecule has 0 saturated carbocycles. The van der Waals surface area contributed by atoms with Gasteiger partial charge in [-0.15, -0.1) is 0 Å². The van der Waals surface area contributed by atoms with Crippen molar-refractivity contribution in [3.63, 3.8) is 0 Å². The SMILES string of the molecule is CC(C)[C@H]1N([S@](=O)C(C)(C)C)C[C@]12CCC[C@H](C)N(C(=O)OC(C)(C)C)C2. The van der Waals surface area contributed by atoms with Crippen molar-refractivity contribution in [3.05, 3.63) is 0 Å². The Labute approximate surface area is 168 Å². The predicted octanol–water partition coefficient (Wildman–Crippen LogP) is 4.58. The van der Waals surface area contributed by atoms with Crippen molar-refractivity contribution >= 4 is 17.1 Å². The molecular weight excluding hydrogens is 360 g/mol. The van der Waals surface area contributed by atoms with Gasteiger partial charge in [-0.1, -0.05) is 20.3 Å². The monoisotopic (exact) mass is 400 g/mol. The van der Waals surface area contributed by atoms with Crippen LogP contribution in [0, 0.1) is 11.3 Å². The van der Waals surface area contributed by atoms with Crippen LogP contribution in [0.1, 0.15) is 81.6 Å². The lowest BCUT2D eigenvalue weighted by atomic mass is 9.66. The lowest BCUT2D eigenvalue weighted by Gasteiger charge is -2.60. The van der Waals surface area contributed by atoms with Gasteiger partial charge < -0.3 is 9.64 Å². The van der Waals surface area contributed by atoms with Crippen LogP contribution in [0.5, 0.6) is 0 Å². The number of carbonyl (C=O) groups excluding carboxylic acids is 1. The molecule has 2 rings (SSSR count). The van der Waals surface area contributed by atoms with E-state index in [9.17, 15) is 9.00 Å². The summed E-state index contributed by atoms with van der Waals surface area (Å²) >= 11 is 0. The maximum absolute atomic E-state index is 13.1. The van der Waals surface area contributed by atoms with Crippen LogP contribution < -0.4 is 0 Å². The summed E-state index contributed by atoms with van der Waals surface area (Å²) in [6.45, 7) is 19.9. The molecule has 2 aliphatic heterocycles. The highest BCUT2D eigenvalue weighted by atomic mass is 32.2. The predicted molar refractivity (Wildman–Crippen MR) is 112 cm³/mol. The van der Waals surface area contributed by atoms with Gasteiger partial charge in [-0.2, -0.15) is 0 Å². The number of nitrogens with zero attached hydrogens (tertiary/aromatic N) is 2. The second kappa shape index (κ2) is 7.66. The van der Waals surface area contributed by atoms with Crippen molar-refractivity contribution in [2.75, 3.05) is 13.1 Å². The topological polar surface area (TPSA) is 49.9 Å². The maximum atomic E-state index is 13.1. The molecule has 0 bridgehead atoms. The zero-order valence-corrected chi connectivity index (χ0v) is 19.6. The fraction of sp³-hybridized carbons (Fsp3) is 0.952. The molecule has 1 amide bonds. The molecule has 0 aromatic rings. The van der Waals surface area contributed by atoms with Crippen LogP contribution in [0.4, 0.5) is 4.79 Å². The number of ether oxygens (including phenoxy) is 1. The maximum Gasteiger partial charge on any atom is 0.410 e. The second-order valence-electron chi connectivity index (χ2n) is 10.8. The number of likely N-dealkylation sites (tertiary alicyclic amines) is 1. The molecule has 0 radical (unpaired) electrons. The van der Waals surface area contributed by atoms with Crippen LogP contribution in [0.15, 0.2) is 0 Å². The smallest absolute Gasteiger partial charge is 0.410 e. The zero-order chi connectivity index (χ0) is 20.8. The van der Waals surface area contributed by atoms with Gasteiger partial charge in [-0.3, -0.25) is 0 Å². The summed E-state index contributed by atoms with van der Waals surface area (Å²) in [6.07, 6.45) is 2.96. The van der Waals surface area contributed by atoms with Crippen LogP contribution in [0.3, 0.4) is 0 Å². The summed E-state index contributed by atoms with van der Waals surface area (Å²) < 4.78 is 20.7. The first-order chi connectivity index (χ1) is 12.2. The molecule has 0 aliphatic carbocycles. The fourth-order valence-electron chi connectivity index (χ4n) is 4.66. The molecule has 27 heavy (non-hydrogen) atoms. The Morgan fingerprint density at radius 1 is 1.15 bits per heavy atom. The quantitative estimate of drug-likeness (QED) is 0.681. The average molecular weight is 401 g/mol. The van der Waals surface area contributed by atoms with E-state index in [-0.39, 0.29) is 28.3 Å². The van der Waals surface area contributed by atoms with Gasteiger partial charge in [0.2, 0.25) is 0 Å². The minimum Gasteiger partial charge on any atom is -0.444 e. The van der Waals surface area contributed by atoms with Crippen molar-refractivity contribution in [2.24, 2.45) is 11.3 Å². The number of hydrogen-bond donors (Lipinski definition) is 0. The van der Waals surface area contributed by atoms with Crippen LogP contribution >= 0.6 is 0 Å². The average Bonchev–Trinajstić information content (AvgIpc) is 2.61. The van der Waals surface area contributed by atoms with Crippen LogP contribution in [-0.2, 0) is 15.7 Å². The van der Waals surface area contributed by atoms with E-state index in [0.717, 1.165) is 25.8 Å². The van der Waals surface area contributed by atoms with Gasteiger partial charge >= 0.3 is 6.09 Å². The van der Waals surface area contributed by atoms with Crippen LogP contribution in [-0.4, -0.2) is 55.0 Å². The van der Waals surface area contributed by atoms with Crippen LogP contribution in [0.25, 0.3) is 0 Å². The van der Waals surface area contributed by atoms with Crippen molar-refractivity contribution in [3.8, 4) is 0 Å². The zero-order valence-electron chi connectivity index (χ0n) is 18.8. The van der Waals surface area contributed by atoms with E-state index >= 15 is 0 Å². The molecule has 4 atom stereocenters. The van der Waals surface area contributed by atoms with Gasteiger partial charge in [0.1, 0.15) is 16.6 Å². The molecule has 5 nitrogen and oxygen atoms in total. The Balaban J connectivity index is 2.27. The van der Waals surface area contributed by atoms with Crippen molar-refractivity contribution < 1.29 is 13.7 Å². The summed E-state index contributed by atoms with van der Waals surface area (Å²) in [5, 5.41) is 0. The van der Waals surface area contributed by atoms with E-state index in [1.165, 1.54) is 0 Å². The lowest BCUT2D eigenvalue weighted by molar-refractivity contribution is -0.0654. The van der Waals surface area contributed by atoms with E-state index < -0.39 is 16.6 Å². The van der Waals surface area contributed by atoms with E-state index in [1.807, 2.05) is 46.4 Å². The Bertz CT molecular complexity index is 579. The van der Waals surface area contributed by atoms with Crippen LogP contribution in [0.2, 0.25) is 0 Å². The van der Waals surface area contributed by atoms with Gasteiger partial charge in [-0.05, 0) is 67.2 Å². The fourth-order valence-corrected chi connectivity index (χ4v) is 6.41. The van der Waals surface area contributed by atoms with Gasteiger partial charge in [-0.25, -0.2) is 13.3 Å². The minimum absolute atomic E-state index is 0.0107. The molecule has 2 fully saturated rings. The van der Waals surface area contributed by atoms with Gasteiger partial charge in [0.05, 0.1) is 4.75 Å². The Hall–Kier alpha value is -0.620. The standard InChI is InChI=1S/C21H40N2O3S/c1-15(2)17-21(14-23(17)27(25)20(7,8)9)12-10-11-16(3)22(13-21)18(24)26-19(4,5)6/h15-17H,10-14H2,1-9H3/t16-,17+,21+,27+/m0/s1. The molecule has 2 heterocycles. The number of amides is 1. The third-order valence-corrected chi connectivity index (χ3v) is 7.55. The Kier molecular flexibility index (Phi) is 6.43. The summed E-state index contributed by atoms with van der Waals surface area (Å²) in [6, 6.07) is 0.405. The Morgan fingerprint density at radius 2 is 1.74 bits per heavy atom. The highest BCUT2D eigenvalue weighted by molar-refractivity contribution is 7.84. The van der Waals surface area contributed by atoms with E-state index in [1.54, 1.807) is 0 Å². The van der Waals surface area contributed by atoms with Crippen molar-refractivity contribution in [1.29, 1.82) is 0 Å².